The van der Waals surface area contributed by atoms with Gasteiger partial charge in [0.05, 0.1) is 13.2 Å². The maximum Gasteiger partial charge on any atom is 0.183 e. The molecule has 6 heteroatoms. The van der Waals surface area contributed by atoms with Gasteiger partial charge in [0.1, 0.15) is 11.5 Å². The van der Waals surface area contributed by atoms with E-state index in [1.54, 1.807) is 25.1 Å². The van der Waals surface area contributed by atoms with E-state index in [1.807, 2.05) is 13.8 Å². The summed E-state index contributed by atoms with van der Waals surface area (Å²) in [5.41, 5.74) is 0.702. The van der Waals surface area contributed by atoms with Crippen LogP contribution in [0.15, 0.2) is 29.5 Å². The lowest BCUT2D eigenvalue weighted by atomic mass is 9.65. The molecule has 0 bridgehead atoms. The number of hydrogen-bond donors (Lipinski definition) is 2. The minimum Gasteiger partial charge on any atom is -0.511 e. The number of methoxy groups -OCH3 is 3. The second-order valence-electron chi connectivity index (χ2n) is 7.14. The molecule has 144 valence electrons. The minimum absolute atomic E-state index is 0.0179. The molecule has 1 aromatic carbocycles. The van der Waals surface area contributed by atoms with E-state index >= 15 is 0 Å². The Bertz CT molecular complexity index is 702. The van der Waals surface area contributed by atoms with Crippen LogP contribution in [0.4, 0.5) is 0 Å². The van der Waals surface area contributed by atoms with Gasteiger partial charge in [-0.15, -0.1) is 0 Å². The van der Waals surface area contributed by atoms with Crippen molar-refractivity contribution in [3.63, 3.8) is 0 Å². The number of aliphatic hydroxyl groups is 2. The van der Waals surface area contributed by atoms with Gasteiger partial charge >= 0.3 is 0 Å². The van der Waals surface area contributed by atoms with E-state index in [2.05, 4.69) is 0 Å². The molecule has 0 radical (unpaired) electrons. The zero-order valence-electron chi connectivity index (χ0n) is 16.2. The van der Waals surface area contributed by atoms with Gasteiger partial charge in [-0.05, 0) is 13.0 Å². The molecular formula is C20H28O6. The number of benzene rings is 1. The van der Waals surface area contributed by atoms with Gasteiger partial charge in [0, 0.05) is 48.7 Å². The third kappa shape index (κ3) is 3.37. The molecule has 0 saturated heterocycles. The molecule has 0 heterocycles. The largest absolute Gasteiger partial charge is 0.511 e. The second kappa shape index (κ2) is 7.78. The smallest absolute Gasteiger partial charge is 0.183 e. The molecule has 1 aliphatic carbocycles. The Morgan fingerprint density at radius 3 is 2.35 bits per heavy atom. The molecule has 1 aliphatic rings. The SMILES string of the molecule is COc1cccc(C(OC)OC)c1C(O)C1CC(=O)C(C)=C(O)C1(C)C. The summed E-state index contributed by atoms with van der Waals surface area (Å²) in [6.45, 7) is 5.26. The number of aliphatic hydroxyl groups excluding tert-OH is 2. The average molecular weight is 364 g/mol. The van der Waals surface area contributed by atoms with Crippen molar-refractivity contribution in [3.05, 3.63) is 40.7 Å². The number of allylic oxidation sites excluding steroid dienone is 2. The van der Waals surface area contributed by atoms with Crippen LogP contribution in [0.2, 0.25) is 0 Å². The summed E-state index contributed by atoms with van der Waals surface area (Å²) < 4.78 is 16.2. The molecule has 0 amide bonds. The number of Topliss-reactive ketones (excluding diaryl/α,β-unsaturated/α-hetero) is 1. The fourth-order valence-corrected chi connectivity index (χ4v) is 3.72. The van der Waals surface area contributed by atoms with E-state index in [-0.39, 0.29) is 18.0 Å². The van der Waals surface area contributed by atoms with Crippen LogP contribution in [0.3, 0.4) is 0 Å². The zero-order valence-corrected chi connectivity index (χ0v) is 16.2. The van der Waals surface area contributed by atoms with Gasteiger partial charge in [0.15, 0.2) is 12.1 Å². The van der Waals surface area contributed by atoms with Gasteiger partial charge in [-0.3, -0.25) is 4.79 Å². The predicted molar refractivity (Wildman–Crippen MR) is 96.9 cm³/mol. The monoisotopic (exact) mass is 364 g/mol. The fraction of sp³-hybridized carbons (Fsp3) is 0.550. The first kappa shape index (κ1) is 20.4. The highest BCUT2D eigenvalue weighted by Gasteiger charge is 2.46. The Balaban J connectivity index is 2.59. The average Bonchev–Trinajstić information content (AvgIpc) is 2.63. The number of carbonyl (C=O) groups excluding carboxylic acids is 1. The molecule has 2 unspecified atom stereocenters. The van der Waals surface area contributed by atoms with E-state index < -0.39 is 23.7 Å². The standard InChI is InChI=1S/C20H28O6/c1-11-14(21)10-13(20(2,3)18(11)23)17(22)16-12(19(25-5)26-6)8-7-9-15(16)24-4/h7-9,13,17,19,22-23H,10H2,1-6H3. The van der Waals surface area contributed by atoms with E-state index in [0.717, 1.165) is 0 Å². The van der Waals surface area contributed by atoms with Crippen LogP contribution in [0.5, 0.6) is 5.75 Å². The summed E-state index contributed by atoms with van der Waals surface area (Å²) >= 11 is 0. The van der Waals surface area contributed by atoms with Crippen molar-refractivity contribution < 1.29 is 29.2 Å². The first-order chi connectivity index (χ1) is 12.2. The van der Waals surface area contributed by atoms with Crippen LogP contribution in [0, 0.1) is 11.3 Å². The van der Waals surface area contributed by atoms with Gasteiger partial charge in [-0.1, -0.05) is 26.0 Å². The van der Waals surface area contributed by atoms with Crippen LogP contribution >= 0.6 is 0 Å². The van der Waals surface area contributed by atoms with Crippen LogP contribution in [0.25, 0.3) is 0 Å². The molecular weight excluding hydrogens is 336 g/mol. The Kier molecular flexibility index (Phi) is 6.11. The molecule has 0 aromatic heterocycles. The zero-order chi connectivity index (χ0) is 19.6. The maximum atomic E-state index is 12.3. The number of ketones is 1. The molecule has 2 rings (SSSR count). The fourth-order valence-electron chi connectivity index (χ4n) is 3.72. The van der Waals surface area contributed by atoms with Crippen molar-refractivity contribution >= 4 is 5.78 Å². The number of hydrogen-bond acceptors (Lipinski definition) is 6. The second-order valence-corrected chi connectivity index (χ2v) is 7.14. The molecule has 1 aromatic rings. The number of rotatable bonds is 6. The van der Waals surface area contributed by atoms with E-state index in [0.29, 0.717) is 22.4 Å². The summed E-state index contributed by atoms with van der Waals surface area (Å²) in [5.74, 6) is -0.201. The van der Waals surface area contributed by atoms with Gasteiger partial charge in [-0.2, -0.15) is 0 Å². The van der Waals surface area contributed by atoms with Crippen molar-refractivity contribution in [1.29, 1.82) is 0 Å². The molecule has 0 aliphatic heterocycles. The van der Waals surface area contributed by atoms with Crippen molar-refractivity contribution in [2.24, 2.45) is 11.3 Å². The van der Waals surface area contributed by atoms with Crippen LogP contribution < -0.4 is 4.74 Å². The van der Waals surface area contributed by atoms with E-state index in [9.17, 15) is 15.0 Å². The summed E-state index contributed by atoms with van der Waals surface area (Å²) in [7, 11) is 4.54. The van der Waals surface area contributed by atoms with Crippen molar-refractivity contribution in [1.82, 2.24) is 0 Å². The van der Waals surface area contributed by atoms with Crippen molar-refractivity contribution in [2.75, 3.05) is 21.3 Å². The molecule has 2 N–H and O–H groups in total. The molecule has 0 fully saturated rings. The molecule has 26 heavy (non-hydrogen) atoms. The maximum absolute atomic E-state index is 12.3. The van der Waals surface area contributed by atoms with Crippen LogP contribution in [-0.2, 0) is 14.3 Å². The van der Waals surface area contributed by atoms with Gasteiger partial charge < -0.3 is 24.4 Å². The summed E-state index contributed by atoms with van der Waals surface area (Å²) in [6.07, 6.45) is -1.61. The molecule has 6 nitrogen and oxygen atoms in total. The molecule has 2 atom stereocenters. The number of carbonyl (C=O) groups is 1. The first-order valence-electron chi connectivity index (χ1n) is 8.54. The van der Waals surface area contributed by atoms with Gasteiger partial charge in [0.2, 0.25) is 0 Å². The normalized spacial score (nSPS) is 21.2. The Morgan fingerprint density at radius 2 is 1.81 bits per heavy atom. The topological polar surface area (TPSA) is 85.2 Å². The first-order valence-corrected chi connectivity index (χ1v) is 8.54. The highest BCUT2D eigenvalue weighted by atomic mass is 16.7. The Labute approximate surface area is 154 Å². The quantitative estimate of drug-likeness (QED) is 0.752. The lowest BCUT2D eigenvalue weighted by Gasteiger charge is -2.41. The Hall–Kier alpha value is -1.89. The summed E-state index contributed by atoms with van der Waals surface area (Å²) in [5, 5.41) is 21.8. The predicted octanol–water partition coefficient (Wildman–Crippen LogP) is 3.47. The van der Waals surface area contributed by atoms with Gasteiger partial charge in [-0.25, -0.2) is 0 Å². The van der Waals surface area contributed by atoms with Crippen LogP contribution in [0.1, 0.15) is 50.7 Å². The highest BCUT2D eigenvalue weighted by molar-refractivity contribution is 5.96. The molecule has 0 spiro atoms. The molecule has 0 saturated carbocycles. The van der Waals surface area contributed by atoms with Crippen molar-refractivity contribution in [2.45, 2.75) is 39.6 Å². The lowest BCUT2D eigenvalue weighted by molar-refractivity contribution is -0.121. The van der Waals surface area contributed by atoms with E-state index in [4.69, 9.17) is 14.2 Å². The lowest BCUT2D eigenvalue weighted by Crippen LogP contribution is -2.38. The third-order valence-electron chi connectivity index (χ3n) is 5.39. The van der Waals surface area contributed by atoms with Crippen molar-refractivity contribution in [3.8, 4) is 5.75 Å². The number of ether oxygens (including phenoxy) is 3. The minimum atomic E-state index is -1.05. The van der Waals surface area contributed by atoms with Gasteiger partial charge in [0.25, 0.3) is 0 Å². The summed E-state index contributed by atoms with van der Waals surface area (Å²) in [6, 6.07) is 5.31. The third-order valence-corrected chi connectivity index (χ3v) is 5.39. The van der Waals surface area contributed by atoms with Crippen LogP contribution in [-0.4, -0.2) is 37.3 Å². The highest BCUT2D eigenvalue weighted by Crippen LogP contribution is 2.50. The Morgan fingerprint density at radius 1 is 1.19 bits per heavy atom. The summed E-state index contributed by atoms with van der Waals surface area (Å²) in [4.78, 5) is 12.3. The van der Waals surface area contributed by atoms with E-state index in [1.165, 1.54) is 21.3 Å².